The number of anilines is 2. The highest BCUT2D eigenvalue weighted by molar-refractivity contribution is 5.94. The van der Waals surface area contributed by atoms with Gasteiger partial charge < -0.3 is 15.0 Å². The van der Waals surface area contributed by atoms with Crippen molar-refractivity contribution in [2.45, 2.75) is 39.5 Å². The lowest BCUT2D eigenvalue weighted by Crippen LogP contribution is -2.48. The Morgan fingerprint density at radius 3 is 2.13 bits per heavy atom. The van der Waals surface area contributed by atoms with Gasteiger partial charge in [0.25, 0.3) is 0 Å². The van der Waals surface area contributed by atoms with Gasteiger partial charge in [-0.05, 0) is 35.1 Å². The molecule has 1 saturated heterocycles. The fourth-order valence-electron chi connectivity index (χ4n) is 4.05. The van der Waals surface area contributed by atoms with E-state index in [1.807, 2.05) is 12.1 Å². The number of benzene rings is 2. The Hall–Kier alpha value is -2.53. The number of carbonyl (C=O) groups excluding carboxylic acids is 1. The van der Waals surface area contributed by atoms with Crippen LogP contribution in [0.25, 0.3) is 0 Å². The van der Waals surface area contributed by atoms with Gasteiger partial charge in [0.05, 0.1) is 13.7 Å². The molecular formula is C25H35N3O2. The largest absolute Gasteiger partial charge is 0.497 e. The summed E-state index contributed by atoms with van der Waals surface area (Å²) in [5, 5.41) is 3.24. The molecule has 30 heavy (non-hydrogen) atoms. The van der Waals surface area contributed by atoms with Crippen LogP contribution >= 0.6 is 0 Å². The standard InChI is InChI=1S/C25H35N3O2/c1-18(2)22-10-7-11-23(19(3)4)25(22)26-24(29)17-27-12-14-28(15-13-27)20-8-6-9-21(16-20)30-5/h6-11,16,18-19H,12-15,17H2,1-5H3,(H,26,29). The van der Waals surface area contributed by atoms with E-state index >= 15 is 0 Å². The van der Waals surface area contributed by atoms with Gasteiger partial charge in [0.1, 0.15) is 5.75 Å². The van der Waals surface area contributed by atoms with Gasteiger partial charge in [-0.3, -0.25) is 9.69 Å². The van der Waals surface area contributed by atoms with E-state index in [9.17, 15) is 4.79 Å². The highest BCUT2D eigenvalue weighted by Crippen LogP contribution is 2.32. The zero-order valence-electron chi connectivity index (χ0n) is 18.9. The quantitative estimate of drug-likeness (QED) is 0.720. The van der Waals surface area contributed by atoms with E-state index in [0.717, 1.165) is 37.6 Å². The van der Waals surface area contributed by atoms with E-state index in [-0.39, 0.29) is 5.91 Å². The van der Waals surface area contributed by atoms with E-state index in [1.54, 1.807) is 7.11 Å². The van der Waals surface area contributed by atoms with E-state index in [0.29, 0.717) is 18.4 Å². The molecule has 0 aliphatic carbocycles. The molecule has 5 nitrogen and oxygen atoms in total. The second-order valence-electron chi connectivity index (χ2n) is 8.63. The van der Waals surface area contributed by atoms with Gasteiger partial charge in [0.2, 0.25) is 5.91 Å². The number of carbonyl (C=O) groups is 1. The molecule has 0 radical (unpaired) electrons. The van der Waals surface area contributed by atoms with Crippen LogP contribution in [0.3, 0.4) is 0 Å². The number of amides is 1. The molecule has 1 heterocycles. The van der Waals surface area contributed by atoms with Crippen molar-refractivity contribution in [1.29, 1.82) is 0 Å². The molecule has 1 fully saturated rings. The number of nitrogens with one attached hydrogen (secondary N) is 1. The monoisotopic (exact) mass is 409 g/mol. The summed E-state index contributed by atoms with van der Waals surface area (Å²) in [4.78, 5) is 17.5. The lowest BCUT2D eigenvalue weighted by Gasteiger charge is -2.36. The molecule has 1 amide bonds. The van der Waals surface area contributed by atoms with Crippen molar-refractivity contribution in [2.75, 3.05) is 50.1 Å². The summed E-state index contributed by atoms with van der Waals surface area (Å²) in [5.74, 6) is 1.68. The minimum atomic E-state index is 0.0693. The van der Waals surface area contributed by atoms with Gasteiger partial charge in [0.15, 0.2) is 0 Å². The zero-order chi connectivity index (χ0) is 21.7. The molecule has 0 unspecified atom stereocenters. The fraction of sp³-hybridized carbons (Fsp3) is 0.480. The molecule has 2 aromatic carbocycles. The van der Waals surface area contributed by atoms with E-state index in [4.69, 9.17) is 4.74 Å². The summed E-state index contributed by atoms with van der Waals surface area (Å²) in [6.07, 6.45) is 0. The van der Waals surface area contributed by atoms with Gasteiger partial charge in [-0.1, -0.05) is 52.0 Å². The Morgan fingerprint density at radius 2 is 1.57 bits per heavy atom. The van der Waals surface area contributed by atoms with Gasteiger partial charge >= 0.3 is 0 Å². The average Bonchev–Trinajstić information content (AvgIpc) is 2.74. The Labute approximate surface area is 181 Å². The Balaban J connectivity index is 1.60. The molecule has 162 valence electrons. The van der Waals surface area contributed by atoms with Crippen LogP contribution < -0.4 is 15.0 Å². The summed E-state index contributed by atoms with van der Waals surface area (Å²) in [6, 6.07) is 14.5. The van der Waals surface area contributed by atoms with Crippen molar-refractivity contribution in [3.63, 3.8) is 0 Å². The van der Waals surface area contributed by atoms with Crippen LogP contribution in [-0.2, 0) is 4.79 Å². The van der Waals surface area contributed by atoms with Crippen molar-refractivity contribution in [2.24, 2.45) is 0 Å². The van der Waals surface area contributed by atoms with Crippen molar-refractivity contribution in [1.82, 2.24) is 4.90 Å². The predicted octanol–water partition coefficient (Wildman–Crippen LogP) is 4.70. The molecule has 5 heteroatoms. The Morgan fingerprint density at radius 1 is 0.967 bits per heavy atom. The number of hydrogen-bond donors (Lipinski definition) is 1. The van der Waals surface area contributed by atoms with Crippen molar-refractivity contribution in [3.05, 3.63) is 53.6 Å². The van der Waals surface area contributed by atoms with Crippen molar-refractivity contribution in [3.8, 4) is 5.75 Å². The Kier molecular flexibility index (Phi) is 7.38. The average molecular weight is 410 g/mol. The first-order valence-corrected chi connectivity index (χ1v) is 10.9. The summed E-state index contributed by atoms with van der Waals surface area (Å²) in [7, 11) is 1.69. The molecule has 0 saturated carbocycles. The number of ether oxygens (including phenoxy) is 1. The highest BCUT2D eigenvalue weighted by atomic mass is 16.5. The third-order valence-electron chi connectivity index (χ3n) is 5.80. The van der Waals surface area contributed by atoms with Gasteiger partial charge in [-0.2, -0.15) is 0 Å². The molecule has 0 aromatic heterocycles. The third-order valence-corrected chi connectivity index (χ3v) is 5.80. The summed E-state index contributed by atoms with van der Waals surface area (Å²) >= 11 is 0. The van der Waals surface area contributed by atoms with Crippen LogP contribution in [0.5, 0.6) is 5.75 Å². The smallest absolute Gasteiger partial charge is 0.238 e. The second-order valence-corrected chi connectivity index (χ2v) is 8.63. The van der Waals surface area contributed by atoms with Crippen LogP contribution in [0.2, 0.25) is 0 Å². The molecule has 1 aliphatic heterocycles. The van der Waals surface area contributed by atoms with Crippen LogP contribution in [0.4, 0.5) is 11.4 Å². The molecule has 1 aliphatic rings. The first-order chi connectivity index (χ1) is 14.4. The number of piperazine rings is 1. The van der Waals surface area contributed by atoms with E-state index < -0.39 is 0 Å². The van der Waals surface area contributed by atoms with Crippen LogP contribution in [0.15, 0.2) is 42.5 Å². The normalized spacial score (nSPS) is 15.0. The van der Waals surface area contributed by atoms with Crippen molar-refractivity contribution >= 4 is 17.3 Å². The second kappa shape index (κ2) is 9.98. The molecule has 2 aromatic rings. The molecule has 0 spiro atoms. The lowest BCUT2D eigenvalue weighted by molar-refractivity contribution is -0.117. The molecule has 0 bridgehead atoms. The molecular weight excluding hydrogens is 374 g/mol. The molecule has 0 atom stereocenters. The fourth-order valence-corrected chi connectivity index (χ4v) is 4.05. The minimum Gasteiger partial charge on any atom is -0.497 e. The minimum absolute atomic E-state index is 0.0693. The van der Waals surface area contributed by atoms with E-state index in [1.165, 1.54) is 16.8 Å². The summed E-state index contributed by atoms with van der Waals surface area (Å²) in [5.41, 5.74) is 4.59. The highest BCUT2D eigenvalue weighted by Gasteiger charge is 2.21. The number of para-hydroxylation sites is 1. The van der Waals surface area contributed by atoms with Crippen LogP contribution in [0.1, 0.15) is 50.7 Å². The summed E-state index contributed by atoms with van der Waals surface area (Å²) in [6.45, 7) is 12.7. The zero-order valence-corrected chi connectivity index (χ0v) is 18.9. The van der Waals surface area contributed by atoms with E-state index in [2.05, 4.69) is 73.1 Å². The summed E-state index contributed by atoms with van der Waals surface area (Å²) < 4.78 is 5.34. The number of nitrogens with zero attached hydrogens (tertiary/aromatic N) is 2. The maximum Gasteiger partial charge on any atom is 0.238 e. The third kappa shape index (κ3) is 5.33. The SMILES string of the molecule is COc1cccc(N2CCN(CC(=O)Nc3c(C(C)C)cccc3C(C)C)CC2)c1. The van der Waals surface area contributed by atoms with Crippen LogP contribution in [-0.4, -0.2) is 50.6 Å². The predicted molar refractivity (Wildman–Crippen MR) is 125 cm³/mol. The van der Waals surface area contributed by atoms with Crippen LogP contribution in [0, 0.1) is 0 Å². The maximum absolute atomic E-state index is 12.9. The van der Waals surface area contributed by atoms with Gasteiger partial charge in [-0.25, -0.2) is 0 Å². The topological polar surface area (TPSA) is 44.8 Å². The van der Waals surface area contributed by atoms with Gasteiger partial charge in [-0.15, -0.1) is 0 Å². The van der Waals surface area contributed by atoms with Crippen molar-refractivity contribution < 1.29 is 9.53 Å². The number of methoxy groups -OCH3 is 1. The maximum atomic E-state index is 12.9. The molecule has 3 rings (SSSR count). The first kappa shape index (κ1) is 22.2. The number of rotatable bonds is 7. The lowest BCUT2D eigenvalue weighted by atomic mass is 9.92. The van der Waals surface area contributed by atoms with Gasteiger partial charge in [0, 0.05) is 43.6 Å². The molecule has 1 N–H and O–H groups in total. The first-order valence-electron chi connectivity index (χ1n) is 10.9. The number of hydrogen-bond acceptors (Lipinski definition) is 4. The Bertz CT molecular complexity index is 829.